The smallest absolute Gasteiger partial charge is 0.335 e. The molecule has 0 aliphatic rings. The van der Waals surface area contributed by atoms with Crippen molar-refractivity contribution in [3.63, 3.8) is 0 Å². The molecule has 1 atom stereocenters. The minimum absolute atomic E-state index is 0.205. The predicted octanol–water partition coefficient (Wildman–Crippen LogP) is 0.400. The maximum absolute atomic E-state index is 11.6. The van der Waals surface area contributed by atoms with Gasteiger partial charge < -0.3 is 10.8 Å². The number of urea groups is 1. The Balaban J connectivity index is 2.65. The average molecular weight is 279 g/mol. The van der Waals surface area contributed by atoms with Gasteiger partial charge in [-0.15, -0.1) is 0 Å². The van der Waals surface area contributed by atoms with Crippen molar-refractivity contribution in [2.24, 2.45) is 5.73 Å². The molecular weight excluding hydrogens is 262 g/mol. The number of amides is 3. The summed E-state index contributed by atoms with van der Waals surface area (Å²) >= 11 is 0. The molecule has 108 valence electrons. The number of primary amides is 1. The van der Waals surface area contributed by atoms with Crippen LogP contribution in [0.4, 0.5) is 4.79 Å². The Labute approximate surface area is 116 Å². The number of nitrogens with two attached hydrogens (primary N) is 1. The van der Waals surface area contributed by atoms with Gasteiger partial charge in [-0.25, -0.2) is 9.59 Å². The summed E-state index contributed by atoms with van der Waals surface area (Å²) in [5.74, 6) is -1.47. The van der Waals surface area contributed by atoms with Crippen LogP contribution < -0.4 is 11.1 Å². The molecule has 7 heteroatoms. The molecule has 1 unspecified atom stereocenters. The largest absolute Gasteiger partial charge is 0.478 e. The summed E-state index contributed by atoms with van der Waals surface area (Å²) in [4.78, 5) is 34.7. The molecule has 1 rings (SSSR count). The first-order valence-electron chi connectivity index (χ1n) is 5.94. The fourth-order valence-electron chi connectivity index (χ4n) is 1.60. The van der Waals surface area contributed by atoms with Crippen molar-refractivity contribution in [1.29, 1.82) is 0 Å². The highest BCUT2D eigenvalue weighted by atomic mass is 16.4. The average Bonchev–Trinajstić information content (AvgIpc) is 2.37. The maximum atomic E-state index is 11.6. The lowest BCUT2D eigenvalue weighted by atomic mass is 10.1. The van der Waals surface area contributed by atoms with E-state index in [1.165, 1.54) is 12.1 Å². The van der Waals surface area contributed by atoms with E-state index in [2.05, 4.69) is 0 Å². The third kappa shape index (κ3) is 4.36. The first-order chi connectivity index (χ1) is 9.31. The molecule has 0 bridgehead atoms. The van der Waals surface area contributed by atoms with Crippen LogP contribution in [0.15, 0.2) is 24.3 Å². The van der Waals surface area contributed by atoms with Gasteiger partial charge in [0.25, 0.3) is 0 Å². The molecule has 0 saturated heterocycles. The van der Waals surface area contributed by atoms with Crippen LogP contribution in [0.2, 0.25) is 0 Å². The number of nitrogens with zero attached hydrogens (tertiary/aromatic N) is 1. The maximum Gasteiger partial charge on any atom is 0.335 e. The van der Waals surface area contributed by atoms with Crippen molar-refractivity contribution in [3.05, 3.63) is 35.4 Å². The lowest BCUT2D eigenvalue weighted by Gasteiger charge is -2.23. The molecule has 0 spiro atoms. The van der Waals surface area contributed by atoms with E-state index in [0.29, 0.717) is 6.54 Å². The molecule has 0 saturated carbocycles. The second-order valence-electron chi connectivity index (χ2n) is 4.45. The van der Waals surface area contributed by atoms with Crippen molar-refractivity contribution < 1.29 is 19.5 Å². The zero-order chi connectivity index (χ0) is 15.3. The monoisotopic (exact) mass is 279 g/mol. The number of aromatic carboxylic acids is 1. The van der Waals surface area contributed by atoms with Crippen LogP contribution in [0.5, 0.6) is 0 Å². The normalized spacial score (nSPS) is 11.9. The Morgan fingerprint density at radius 3 is 2.30 bits per heavy atom. The van der Waals surface area contributed by atoms with Crippen molar-refractivity contribution in [1.82, 2.24) is 10.2 Å². The molecule has 3 amide bonds. The van der Waals surface area contributed by atoms with Crippen molar-refractivity contribution >= 4 is 17.9 Å². The molecule has 7 nitrogen and oxygen atoms in total. The highest BCUT2D eigenvalue weighted by Crippen LogP contribution is 2.09. The summed E-state index contributed by atoms with van der Waals surface area (Å²) < 4.78 is 0. The third-order valence-electron chi connectivity index (χ3n) is 2.92. The number of carbonyl (C=O) groups is 3. The van der Waals surface area contributed by atoms with Gasteiger partial charge in [0.1, 0.15) is 0 Å². The second kappa shape index (κ2) is 6.67. The van der Waals surface area contributed by atoms with Gasteiger partial charge in [0, 0.05) is 6.54 Å². The first kappa shape index (κ1) is 15.6. The quantitative estimate of drug-likeness (QED) is 0.722. The van der Waals surface area contributed by atoms with Crippen LogP contribution in [-0.2, 0) is 11.3 Å². The van der Waals surface area contributed by atoms with E-state index >= 15 is 0 Å². The Kier molecular flexibility index (Phi) is 5.22. The van der Waals surface area contributed by atoms with E-state index < -0.39 is 23.9 Å². The van der Waals surface area contributed by atoms with Gasteiger partial charge in [0.05, 0.1) is 11.6 Å². The summed E-state index contributed by atoms with van der Waals surface area (Å²) in [7, 11) is 1.72. The Morgan fingerprint density at radius 2 is 1.85 bits per heavy atom. The van der Waals surface area contributed by atoms with Crippen LogP contribution in [-0.4, -0.2) is 41.0 Å². The number of carbonyl (C=O) groups excluding carboxylic acids is 2. The molecule has 4 N–H and O–H groups in total. The Morgan fingerprint density at radius 1 is 1.30 bits per heavy atom. The van der Waals surface area contributed by atoms with E-state index in [9.17, 15) is 14.4 Å². The molecule has 1 aromatic rings. The van der Waals surface area contributed by atoms with E-state index in [4.69, 9.17) is 10.8 Å². The number of likely N-dealkylation sites (N-methyl/N-ethyl adjacent to an activating group) is 1. The van der Waals surface area contributed by atoms with E-state index in [0.717, 1.165) is 5.56 Å². The molecule has 1 aromatic carbocycles. The molecule has 0 fully saturated rings. The van der Waals surface area contributed by atoms with Crippen LogP contribution in [0.3, 0.4) is 0 Å². The number of imide groups is 1. The predicted molar refractivity (Wildman–Crippen MR) is 72.1 cm³/mol. The fraction of sp³-hybridized carbons (Fsp3) is 0.308. The van der Waals surface area contributed by atoms with Gasteiger partial charge in [-0.3, -0.25) is 15.0 Å². The van der Waals surface area contributed by atoms with Crippen LogP contribution in [0, 0.1) is 0 Å². The number of hydrogen-bond donors (Lipinski definition) is 3. The molecule has 0 radical (unpaired) electrons. The fourth-order valence-corrected chi connectivity index (χ4v) is 1.60. The van der Waals surface area contributed by atoms with Crippen LogP contribution >= 0.6 is 0 Å². The second-order valence-corrected chi connectivity index (χ2v) is 4.45. The number of hydrogen-bond acceptors (Lipinski definition) is 4. The SMILES string of the molecule is CC(C(=O)NC(N)=O)N(C)Cc1ccc(C(=O)O)cc1. The summed E-state index contributed by atoms with van der Waals surface area (Å²) in [6.07, 6.45) is 0. The van der Waals surface area contributed by atoms with Gasteiger partial charge in [0.15, 0.2) is 0 Å². The Hall–Kier alpha value is -2.41. The molecule has 0 aliphatic heterocycles. The zero-order valence-corrected chi connectivity index (χ0v) is 11.3. The number of carboxylic acid groups (broad SMARTS) is 1. The Bertz CT molecular complexity index is 513. The topological polar surface area (TPSA) is 113 Å². The van der Waals surface area contributed by atoms with Gasteiger partial charge in [-0.1, -0.05) is 12.1 Å². The van der Waals surface area contributed by atoms with Crippen molar-refractivity contribution in [3.8, 4) is 0 Å². The molecule has 20 heavy (non-hydrogen) atoms. The zero-order valence-electron chi connectivity index (χ0n) is 11.3. The molecule has 0 aromatic heterocycles. The molecule has 0 aliphatic carbocycles. The van der Waals surface area contributed by atoms with E-state index in [-0.39, 0.29) is 5.56 Å². The number of nitrogens with one attached hydrogen (secondary N) is 1. The lowest BCUT2D eigenvalue weighted by molar-refractivity contribution is -0.124. The summed E-state index contributed by atoms with van der Waals surface area (Å²) in [5.41, 5.74) is 5.95. The minimum atomic E-state index is -0.987. The first-order valence-corrected chi connectivity index (χ1v) is 5.94. The van der Waals surface area contributed by atoms with Gasteiger partial charge in [-0.05, 0) is 31.7 Å². The minimum Gasteiger partial charge on any atom is -0.478 e. The van der Waals surface area contributed by atoms with Gasteiger partial charge in [0.2, 0.25) is 5.91 Å². The van der Waals surface area contributed by atoms with Crippen molar-refractivity contribution in [2.75, 3.05) is 7.05 Å². The standard InChI is InChI=1S/C13H17N3O4/c1-8(11(17)15-13(14)20)16(2)7-9-3-5-10(6-4-9)12(18)19/h3-6,8H,7H2,1-2H3,(H,18,19)(H3,14,15,17,20). The number of carboxylic acids is 1. The molecular formula is C13H17N3O4. The van der Waals surface area contributed by atoms with E-state index in [1.807, 2.05) is 5.32 Å². The third-order valence-corrected chi connectivity index (χ3v) is 2.92. The highest BCUT2D eigenvalue weighted by molar-refractivity contribution is 5.96. The van der Waals surface area contributed by atoms with Gasteiger partial charge in [-0.2, -0.15) is 0 Å². The number of benzene rings is 1. The molecule has 0 heterocycles. The summed E-state index contributed by atoms with van der Waals surface area (Å²) in [6.45, 7) is 2.08. The highest BCUT2D eigenvalue weighted by Gasteiger charge is 2.19. The van der Waals surface area contributed by atoms with Crippen molar-refractivity contribution in [2.45, 2.75) is 19.5 Å². The summed E-state index contributed by atoms with van der Waals surface area (Å²) in [5, 5.41) is 10.8. The van der Waals surface area contributed by atoms with Gasteiger partial charge >= 0.3 is 12.0 Å². The lowest BCUT2D eigenvalue weighted by Crippen LogP contribution is -2.46. The van der Waals surface area contributed by atoms with Crippen LogP contribution in [0.1, 0.15) is 22.8 Å². The van der Waals surface area contributed by atoms with E-state index in [1.54, 1.807) is 31.0 Å². The van der Waals surface area contributed by atoms with Crippen LogP contribution in [0.25, 0.3) is 0 Å². The summed E-state index contributed by atoms with van der Waals surface area (Å²) in [6, 6.07) is 4.93. The number of rotatable bonds is 5.